The van der Waals surface area contributed by atoms with Crippen LogP contribution in [0.25, 0.3) is 0 Å². The highest BCUT2D eigenvalue weighted by Crippen LogP contribution is 2.33. The molecule has 24 heavy (non-hydrogen) atoms. The predicted octanol–water partition coefficient (Wildman–Crippen LogP) is 2.38. The van der Waals surface area contributed by atoms with Gasteiger partial charge in [-0.25, -0.2) is 0 Å². The maximum absolute atomic E-state index is 12.8. The summed E-state index contributed by atoms with van der Waals surface area (Å²) >= 11 is 0. The molecule has 1 saturated carbocycles. The van der Waals surface area contributed by atoms with Gasteiger partial charge in [0.2, 0.25) is 5.91 Å². The van der Waals surface area contributed by atoms with Crippen molar-refractivity contribution in [2.45, 2.75) is 44.8 Å². The van der Waals surface area contributed by atoms with E-state index in [0.29, 0.717) is 12.1 Å². The molecular formula is C19H24N4O. The van der Waals surface area contributed by atoms with Gasteiger partial charge in [0.15, 0.2) is 0 Å². The lowest BCUT2D eigenvalue weighted by atomic mass is 9.98. The molecule has 0 spiro atoms. The molecule has 1 aromatic carbocycles. The minimum atomic E-state index is -0.194. The molecule has 1 aromatic heterocycles. The van der Waals surface area contributed by atoms with Crippen LogP contribution in [-0.4, -0.2) is 39.7 Å². The van der Waals surface area contributed by atoms with Crippen LogP contribution >= 0.6 is 0 Å². The van der Waals surface area contributed by atoms with Gasteiger partial charge in [-0.05, 0) is 38.3 Å². The summed E-state index contributed by atoms with van der Waals surface area (Å²) in [6.07, 6.45) is 2.23. The van der Waals surface area contributed by atoms with Gasteiger partial charge < -0.3 is 5.32 Å². The van der Waals surface area contributed by atoms with Crippen LogP contribution in [0.15, 0.2) is 36.4 Å². The predicted molar refractivity (Wildman–Crippen MR) is 92.7 cm³/mol. The van der Waals surface area contributed by atoms with Crippen molar-refractivity contribution in [3.05, 3.63) is 53.3 Å². The molecule has 0 bridgehead atoms. The van der Waals surface area contributed by atoms with Crippen LogP contribution in [0.1, 0.15) is 41.9 Å². The maximum atomic E-state index is 12.8. The number of rotatable bonds is 5. The molecule has 1 amide bonds. The molecule has 2 aromatic rings. The zero-order chi connectivity index (χ0) is 16.7. The van der Waals surface area contributed by atoms with E-state index in [1.165, 1.54) is 5.69 Å². The van der Waals surface area contributed by atoms with Gasteiger partial charge in [0.25, 0.3) is 0 Å². The third-order valence-corrected chi connectivity index (χ3v) is 4.93. The Morgan fingerprint density at radius 3 is 2.50 bits per heavy atom. The number of aryl methyl sites for hydroxylation is 2. The van der Waals surface area contributed by atoms with Crippen LogP contribution < -0.4 is 5.32 Å². The number of nitrogens with zero attached hydrogens (tertiary/aromatic N) is 3. The molecule has 1 atom stereocenters. The number of amides is 1. The summed E-state index contributed by atoms with van der Waals surface area (Å²) in [5, 5.41) is 7.76. The number of carbonyl (C=O) groups excluding carboxylic acids is 1. The number of benzene rings is 1. The molecule has 5 heteroatoms. The maximum Gasteiger partial charge on any atom is 0.242 e. The Morgan fingerprint density at radius 1 is 1.21 bits per heavy atom. The quantitative estimate of drug-likeness (QED) is 0.919. The van der Waals surface area contributed by atoms with Crippen LogP contribution in [0.4, 0.5) is 0 Å². The van der Waals surface area contributed by atoms with Gasteiger partial charge in [-0.1, -0.05) is 30.3 Å². The Labute approximate surface area is 142 Å². The third kappa shape index (κ3) is 2.96. The van der Waals surface area contributed by atoms with E-state index >= 15 is 0 Å². The van der Waals surface area contributed by atoms with Crippen molar-refractivity contribution in [3.8, 4) is 0 Å². The standard InChI is InChI=1S/C19H24N4O/c1-13-10-14(2)23(21-13)17-11-22(12-17)18(15-6-4-3-5-7-15)19(24)20-16-8-9-16/h3-7,10,16-18H,8-9,11-12H2,1-2H3,(H,20,24)/t18-/m1/s1. The van der Waals surface area contributed by atoms with Gasteiger partial charge in [-0.15, -0.1) is 0 Å². The van der Waals surface area contributed by atoms with Crippen molar-refractivity contribution in [1.29, 1.82) is 0 Å². The molecule has 2 fully saturated rings. The molecule has 1 N–H and O–H groups in total. The Morgan fingerprint density at radius 2 is 1.92 bits per heavy atom. The lowest BCUT2D eigenvalue weighted by Crippen LogP contribution is -2.53. The second-order valence-corrected chi connectivity index (χ2v) is 7.08. The number of aromatic nitrogens is 2. The lowest BCUT2D eigenvalue weighted by molar-refractivity contribution is -0.129. The minimum Gasteiger partial charge on any atom is -0.352 e. The molecule has 0 radical (unpaired) electrons. The molecule has 126 valence electrons. The second-order valence-electron chi connectivity index (χ2n) is 7.08. The summed E-state index contributed by atoms with van der Waals surface area (Å²) < 4.78 is 2.10. The topological polar surface area (TPSA) is 50.2 Å². The first-order valence-electron chi connectivity index (χ1n) is 8.74. The number of carbonyl (C=O) groups is 1. The van der Waals surface area contributed by atoms with Gasteiger partial charge in [0.1, 0.15) is 6.04 Å². The van der Waals surface area contributed by atoms with Crippen molar-refractivity contribution in [2.75, 3.05) is 13.1 Å². The Kier molecular flexibility index (Phi) is 3.88. The Balaban J connectivity index is 1.50. The zero-order valence-electron chi connectivity index (χ0n) is 14.3. The molecule has 5 nitrogen and oxygen atoms in total. The van der Waals surface area contributed by atoms with Gasteiger partial charge in [0.05, 0.1) is 11.7 Å². The van der Waals surface area contributed by atoms with Crippen molar-refractivity contribution in [3.63, 3.8) is 0 Å². The van der Waals surface area contributed by atoms with E-state index in [1.807, 2.05) is 37.3 Å². The molecule has 0 unspecified atom stereocenters. The van der Waals surface area contributed by atoms with Crippen LogP contribution in [0.5, 0.6) is 0 Å². The molecule has 2 heterocycles. The Bertz CT molecular complexity index is 729. The van der Waals surface area contributed by atoms with Crippen molar-refractivity contribution < 1.29 is 4.79 Å². The highest BCUT2D eigenvalue weighted by atomic mass is 16.2. The molecule has 1 aliphatic heterocycles. The SMILES string of the molecule is Cc1cc(C)n(C2CN([C@@H](C(=O)NC3CC3)c3ccccc3)C2)n1. The first-order valence-corrected chi connectivity index (χ1v) is 8.74. The molecular weight excluding hydrogens is 300 g/mol. The summed E-state index contributed by atoms with van der Waals surface area (Å²) in [6, 6.07) is 12.8. The first-order chi connectivity index (χ1) is 11.6. The van der Waals surface area contributed by atoms with E-state index in [-0.39, 0.29) is 11.9 Å². The summed E-state index contributed by atoms with van der Waals surface area (Å²) in [4.78, 5) is 15.0. The van der Waals surface area contributed by atoms with Crippen molar-refractivity contribution >= 4 is 5.91 Å². The Hall–Kier alpha value is -2.14. The molecule has 1 saturated heterocycles. The van der Waals surface area contributed by atoms with Gasteiger partial charge >= 0.3 is 0 Å². The van der Waals surface area contributed by atoms with Gasteiger partial charge in [-0.2, -0.15) is 5.10 Å². The largest absolute Gasteiger partial charge is 0.352 e. The van der Waals surface area contributed by atoms with Gasteiger partial charge in [-0.3, -0.25) is 14.4 Å². The number of likely N-dealkylation sites (tertiary alicyclic amines) is 1. The van der Waals surface area contributed by atoms with Crippen LogP contribution in [0, 0.1) is 13.8 Å². The smallest absolute Gasteiger partial charge is 0.242 e. The van der Waals surface area contributed by atoms with Crippen LogP contribution in [-0.2, 0) is 4.79 Å². The fourth-order valence-corrected chi connectivity index (χ4v) is 3.54. The highest BCUT2D eigenvalue weighted by molar-refractivity contribution is 5.83. The highest BCUT2D eigenvalue weighted by Gasteiger charge is 2.39. The summed E-state index contributed by atoms with van der Waals surface area (Å²) in [5.74, 6) is 0.135. The average Bonchev–Trinajstić information content (AvgIpc) is 3.27. The second kappa shape index (κ2) is 6.06. The van der Waals surface area contributed by atoms with Crippen LogP contribution in [0.2, 0.25) is 0 Å². The van der Waals surface area contributed by atoms with E-state index in [1.54, 1.807) is 0 Å². The van der Waals surface area contributed by atoms with Crippen molar-refractivity contribution in [1.82, 2.24) is 20.0 Å². The first kappa shape index (κ1) is 15.4. The van der Waals surface area contributed by atoms with E-state index in [2.05, 4.69) is 33.0 Å². The van der Waals surface area contributed by atoms with Crippen molar-refractivity contribution in [2.24, 2.45) is 0 Å². The minimum absolute atomic E-state index is 0.135. The van der Waals surface area contributed by atoms with E-state index in [9.17, 15) is 4.79 Å². The summed E-state index contributed by atoms with van der Waals surface area (Å²) in [6.45, 7) is 5.84. The third-order valence-electron chi connectivity index (χ3n) is 4.93. The molecule has 2 aliphatic rings. The van der Waals surface area contributed by atoms with E-state index in [0.717, 1.165) is 37.2 Å². The summed E-state index contributed by atoms with van der Waals surface area (Å²) in [5.41, 5.74) is 3.32. The average molecular weight is 324 g/mol. The monoisotopic (exact) mass is 324 g/mol. The van der Waals surface area contributed by atoms with Gasteiger partial charge in [0, 0.05) is 24.8 Å². The lowest BCUT2D eigenvalue weighted by Gasteiger charge is -2.44. The number of nitrogens with one attached hydrogen (secondary N) is 1. The van der Waals surface area contributed by atoms with E-state index < -0.39 is 0 Å². The van der Waals surface area contributed by atoms with Crippen LogP contribution in [0.3, 0.4) is 0 Å². The molecule has 1 aliphatic carbocycles. The fraction of sp³-hybridized carbons (Fsp3) is 0.474. The number of hydrogen-bond acceptors (Lipinski definition) is 3. The number of hydrogen-bond donors (Lipinski definition) is 1. The molecule has 4 rings (SSSR count). The normalized spacial score (nSPS) is 19.8. The summed E-state index contributed by atoms with van der Waals surface area (Å²) in [7, 11) is 0. The fourth-order valence-electron chi connectivity index (χ4n) is 3.54. The zero-order valence-corrected chi connectivity index (χ0v) is 14.3. The van der Waals surface area contributed by atoms with E-state index in [4.69, 9.17) is 0 Å².